The Bertz CT molecular complexity index is 426. The molecule has 0 aliphatic rings. The largest absolute Gasteiger partial charge is 0.462 e. The van der Waals surface area contributed by atoms with Crippen molar-refractivity contribution in [2.75, 3.05) is 12.3 Å². The Morgan fingerprint density at radius 1 is 1.44 bits per heavy atom. The Balaban J connectivity index is 3.04. The topological polar surface area (TPSA) is 95.4 Å². The summed E-state index contributed by atoms with van der Waals surface area (Å²) in [6.07, 6.45) is 0.734. The van der Waals surface area contributed by atoms with E-state index >= 15 is 0 Å². The van der Waals surface area contributed by atoms with Crippen molar-refractivity contribution in [3.63, 3.8) is 0 Å². The van der Waals surface area contributed by atoms with Crippen molar-refractivity contribution in [1.29, 1.82) is 0 Å². The van der Waals surface area contributed by atoms with Crippen LogP contribution in [-0.2, 0) is 4.74 Å². The van der Waals surface area contributed by atoms with Crippen LogP contribution < -0.4 is 11.5 Å². The Morgan fingerprint density at radius 3 is 2.50 bits per heavy atom. The van der Waals surface area contributed by atoms with Gasteiger partial charge in [0.15, 0.2) is 0 Å². The van der Waals surface area contributed by atoms with E-state index in [0.717, 1.165) is 17.8 Å². The molecule has 1 heterocycles. The fraction of sp³-hybridized carbons (Fsp3) is 0.400. The molecular weight excluding hydrogens is 228 g/mol. The summed E-state index contributed by atoms with van der Waals surface area (Å²) in [5.41, 5.74) is 11.6. The highest BCUT2D eigenvalue weighted by Crippen LogP contribution is 2.30. The zero-order valence-electron chi connectivity index (χ0n) is 9.20. The number of carbonyl (C=O) groups is 2. The molecule has 0 bridgehead atoms. The first-order chi connectivity index (χ1) is 7.49. The summed E-state index contributed by atoms with van der Waals surface area (Å²) in [7, 11) is 0. The van der Waals surface area contributed by atoms with Gasteiger partial charge in [0.1, 0.15) is 5.00 Å². The molecule has 0 aliphatic heterocycles. The van der Waals surface area contributed by atoms with Crippen LogP contribution in [0.25, 0.3) is 0 Å². The lowest BCUT2D eigenvalue weighted by Gasteiger charge is -2.03. The Hall–Kier alpha value is -1.56. The van der Waals surface area contributed by atoms with Gasteiger partial charge in [-0.2, -0.15) is 0 Å². The molecule has 1 aromatic heterocycles. The molecule has 88 valence electrons. The number of rotatable bonds is 4. The molecule has 0 saturated heterocycles. The summed E-state index contributed by atoms with van der Waals surface area (Å²) in [5, 5.41) is 0.271. The van der Waals surface area contributed by atoms with Gasteiger partial charge >= 0.3 is 5.97 Å². The van der Waals surface area contributed by atoms with Crippen molar-refractivity contribution >= 4 is 28.2 Å². The van der Waals surface area contributed by atoms with E-state index < -0.39 is 11.9 Å². The molecule has 1 amide bonds. The first-order valence-electron chi connectivity index (χ1n) is 4.84. The third-order valence-electron chi connectivity index (χ3n) is 2.04. The van der Waals surface area contributed by atoms with Crippen molar-refractivity contribution in [3.05, 3.63) is 16.0 Å². The highest BCUT2D eigenvalue weighted by Gasteiger charge is 2.22. The van der Waals surface area contributed by atoms with Crippen LogP contribution in [0.4, 0.5) is 5.00 Å². The second-order valence-electron chi connectivity index (χ2n) is 3.30. The van der Waals surface area contributed by atoms with Gasteiger partial charge < -0.3 is 16.2 Å². The highest BCUT2D eigenvalue weighted by atomic mass is 32.1. The summed E-state index contributed by atoms with van der Waals surface area (Å²) in [6.45, 7) is 3.86. The lowest BCUT2D eigenvalue weighted by molar-refractivity contribution is 0.0506. The quantitative estimate of drug-likeness (QED) is 0.778. The molecule has 1 rings (SSSR count). The predicted molar refractivity (Wildman–Crippen MR) is 62.6 cm³/mol. The normalized spacial score (nSPS) is 10.1. The standard InChI is InChI=1S/C10H14N2O3S/c1-3-4-15-10(14)6-5(2)7(8(11)13)16-9(6)12/h3-4,12H2,1-2H3,(H2,11,13). The minimum Gasteiger partial charge on any atom is -0.462 e. The molecule has 16 heavy (non-hydrogen) atoms. The molecule has 0 saturated carbocycles. The number of thiophene rings is 1. The molecule has 4 N–H and O–H groups in total. The highest BCUT2D eigenvalue weighted by molar-refractivity contribution is 7.18. The fourth-order valence-corrected chi connectivity index (χ4v) is 2.21. The van der Waals surface area contributed by atoms with Gasteiger partial charge in [0.25, 0.3) is 5.91 Å². The number of ether oxygens (including phenoxy) is 1. The number of hydrogen-bond acceptors (Lipinski definition) is 5. The van der Waals surface area contributed by atoms with Gasteiger partial charge in [-0.15, -0.1) is 11.3 Å². The fourth-order valence-electron chi connectivity index (χ4n) is 1.29. The second kappa shape index (κ2) is 4.98. The van der Waals surface area contributed by atoms with Crippen LogP contribution in [0.15, 0.2) is 0 Å². The maximum Gasteiger partial charge on any atom is 0.341 e. The van der Waals surface area contributed by atoms with Gasteiger partial charge in [-0.25, -0.2) is 4.79 Å². The lowest BCUT2D eigenvalue weighted by Crippen LogP contribution is -2.12. The summed E-state index contributed by atoms with van der Waals surface area (Å²) in [5.74, 6) is -1.08. The molecule has 0 unspecified atom stereocenters. The number of esters is 1. The smallest absolute Gasteiger partial charge is 0.341 e. The van der Waals surface area contributed by atoms with Gasteiger partial charge in [-0.3, -0.25) is 4.79 Å². The van der Waals surface area contributed by atoms with E-state index in [1.165, 1.54) is 0 Å². The molecule has 0 atom stereocenters. The average molecular weight is 242 g/mol. The number of nitrogens with two attached hydrogens (primary N) is 2. The molecule has 5 nitrogen and oxygen atoms in total. The van der Waals surface area contributed by atoms with Crippen LogP contribution in [0, 0.1) is 6.92 Å². The van der Waals surface area contributed by atoms with Gasteiger partial charge in [0.2, 0.25) is 0 Å². The molecule has 0 aromatic carbocycles. The van der Waals surface area contributed by atoms with E-state index in [1.807, 2.05) is 6.92 Å². The van der Waals surface area contributed by atoms with Gasteiger partial charge in [-0.1, -0.05) is 6.92 Å². The maximum absolute atomic E-state index is 11.6. The van der Waals surface area contributed by atoms with Gasteiger partial charge in [-0.05, 0) is 18.9 Å². The van der Waals surface area contributed by atoms with E-state index in [-0.39, 0.29) is 10.6 Å². The van der Waals surface area contributed by atoms with Crippen molar-refractivity contribution in [1.82, 2.24) is 0 Å². The van der Waals surface area contributed by atoms with E-state index in [0.29, 0.717) is 17.0 Å². The van der Waals surface area contributed by atoms with Crippen LogP contribution in [-0.4, -0.2) is 18.5 Å². The van der Waals surface area contributed by atoms with Crippen molar-refractivity contribution in [2.45, 2.75) is 20.3 Å². The van der Waals surface area contributed by atoms with E-state index in [4.69, 9.17) is 16.2 Å². The van der Waals surface area contributed by atoms with Crippen LogP contribution in [0.2, 0.25) is 0 Å². The molecule has 0 spiro atoms. The number of amides is 1. The Morgan fingerprint density at radius 2 is 2.06 bits per heavy atom. The summed E-state index contributed by atoms with van der Waals surface area (Å²) < 4.78 is 4.97. The minimum atomic E-state index is -0.580. The van der Waals surface area contributed by atoms with Crippen molar-refractivity contribution in [2.24, 2.45) is 5.73 Å². The SMILES string of the molecule is CCCOC(=O)c1c(N)sc(C(N)=O)c1C. The molecule has 0 aliphatic carbocycles. The average Bonchev–Trinajstić information content (AvgIpc) is 2.51. The zero-order valence-corrected chi connectivity index (χ0v) is 10.0. The first kappa shape index (κ1) is 12.5. The third-order valence-corrected chi connectivity index (χ3v) is 3.17. The molecule has 1 aromatic rings. The summed E-state index contributed by atoms with van der Waals surface area (Å²) in [4.78, 5) is 23.0. The minimum absolute atomic E-state index is 0.257. The Labute approximate surface area is 97.4 Å². The maximum atomic E-state index is 11.6. The number of nitrogen functional groups attached to an aromatic ring is 1. The van der Waals surface area contributed by atoms with E-state index in [9.17, 15) is 9.59 Å². The number of carbonyl (C=O) groups excluding carboxylic acids is 2. The second-order valence-corrected chi connectivity index (χ2v) is 4.35. The van der Waals surface area contributed by atoms with Crippen LogP contribution in [0.3, 0.4) is 0 Å². The third kappa shape index (κ3) is 2.33. The van der Waals surface area contributed by atoms with Crippen LogP contribution >= 0.6 is 11.3 Å². The molecule has 6 heteroatoms. The van der Waals surface area contributed by atoms with Gasteiger partial charge in [0.05, 0.1) is 17.0 Å². The molecular formula is C10H14N2O3S. The number of anilines is 1. The zero-order chi connectivity index (χ0) is 12.3. The molecule has 0 fully saturated rings. The lowest BCUT2D eigenvalue weighted by atomic mass is 10.1. The van der Waals surface area contributed by atoms with Gasteiger partial charge in [0, 0.05) is 0 Å². The van der Waals surface area contributed by atoms with E-state index in [2.05, 4.69) is 0 Å². The monoisotopic (exact) mass is 242 g/mol. The van der Waals surface area contributed by atoms with Crippen molar-refractivity contribution in [3.8, 4) is 0 Å². The van der Waals surface area contributed by atoms with E-state index in [1.54, 1.807) is 6.92 Å². The predicted octanol–water partition coefficient (Wildman–Crippen LogP) is 1.30. The molecule has 0 radical (unpaired) electrons. The van der Waals surface area contributed by atoms with Crippen molar-refractivity contribution < 1.29 is 14.3 Å². The summed E-state index contributed by atoms with van der Waals surface area (Å²) in [6, 6.07) is 0. The number of hydrogen-bond donors (Lipinski definition) is 2. The van der Waals surface area contributed by atoms with Crippen LogP contribution in [0.1, 0.15) is 38.9 Å². The van der Waals surface area contributed by atoms with Crippen LogP contribution in [0.5, 0.6) is 0 Å². The Kier molecular flexibility index (Phi) is 3.89. The first-order valence-corrected chi connectivity index (χ1v) is 5.66. The summed E-state index contributed by atoms with van der Waals surface area (Å²) >= 11 is 1.01. The number of primary amides is 1.